The first-order valence-electron chi connectivity index (χ1n) is 8.59. The van der Waals surface area contributed by atoms with Gasteiger partial charge in [-0.3, -0.25) is 15.5 Å². The van der Waals surface area contributed by atoms with Crippen molar-refractivity contribution in [3.8, 4) is 11.3 Å². The Kier molecular flexibility index (Phi) is 3.70. The Labute approximate surface area is 153 Å². The van der Waals surface area contributed by atoms with Gasteiger partial charge in [0.25, 0.3) is 0 Å². The quantitative estimate of drug-likeness (QED) is 0.361. The maximum absolute atomic E-state index is 10.5. The maximum Gasteiger partial charge on any atom is 0.137 e. The highest BCUT2D eigenvalue weighted by Gasteiger charge is 2.12. The van der Waals surface area contributed by atoms with E-state index in [1.165, 1.54) is 0 Å². The number of aromatic amines is 2. The summed E-state index contributed by atoms with van der Waals surface area (Å²) in [5.41, 5.74) is 5.35. The molecule has 0 bridgehead atoms. The predicted octanol–water partition coefficient (Wildman–Crippen LogP) is 2.38. The molecule has 1 unspecified atom stereocenters. The van der Waals surface area contributed by atoms with E-state index in [-0.39, 0.29) is 0 Å². The molecule has 5 aromatic rings. The molecule has 8 nitrogen and oxygen atoms in total. The Balaban J connectivity index is 1.36. The number of rotatable bonds is 5. The van der Waals surface area contributed by atoms with Crippen LogP contribution in [0, 0.1) is 0 Å². The van der Waals surface area contributed by atoms with E-state index < -0.39 is 6.23 Å². The van der Waals surface area contributed by atoms with Crippen LogP contribution in [0.25, 0.3) is 27.8 Å². The Hall–Kier alpha value is -3.49. The number of benzene rings is 1. The Morgan fingerprint density at radius 2 is 2.04 bits per heavy atom. The predicted molar refractivity (Wildman–Crippen MR) is 101 cm³/mol. The summed E-state index contributed by atoms with van der Waals surface area (Å²) in [7, 11) is 0. The van der Waals surface area contributed by atoms with E-state index >= 15 is 0 Å². The van der Waals surface area contributed by atoms with E-state index in [4.69, 9.17) is 0 Å². The van der Waals surface area contributed by atoms with Gasteiger partial charge in [0.2, 0.25) is 0 Å². The van der Waals surface area contributed by atoms with Gasteiger partial charge in [-0.1, -0.05) is 12.1 Å². The second-order valence-electron chi connectivity index (χ2n) is 6.35. The fourth-order valence-corrected chi connectivity index (χ4v) is 3.25. The standard InChI is InChI=1S/C19H17N7O/c27-19(14-2-1-3-17-15(14)9-22-25-17)20-8-13-11-26-10-12(4-5-18(26)23-13)16-6-7-21-24-16/h1-7,9-11,19-20,27H,8H2,(H,21,24)(H,22,25). The molecule has 134 valence electrons. The van der Waals surface area contributed by atoms with Crippen molar-refractivity contribution in [2.75, 3.05) is 0 Å². The van der Waals surface area contributed by atoms with Crippen LogP contribution in [0.4, 0.5) is 0 Å². The number of nitrogens with zero attached hydrogens (tertiary/aromatic N) is 4. The van der Waals surface area contributed by atoms with E-state index in [1.807, 2.05) is 53.2 Å². The zero-order valence-corrected chi connectivity index (χ0v) is 14.3. The number of fused-ring (bicyclic) bond motifs is 2. The van der Waals surface area contributed by atoms with Gasteiger partial charge in [0, 0.05) is 41.6 Å². The Morgan fingerprint density at radius 3 is 2.93 bits per heavy atom. The summed E-state index contributed by atoms with van der Waals surface area (Å²) >= 11 is 0. The average molecular weight is 359 g/mol. The monoisotopic (exact) mass is 359 g/mol. The molecule has 4 N–H and O–H groups in total. The molecule has 0 aliphatic carbocycles. The third-order valence-corrected chi connectivity index (χ3v) is 4.60. The summed E-state index contributed by atoms with van der Waals surface area (Å²) in [6.45, 7) is 0.441. The summed E-state index contributed by atoms with van der Waals surface area (Å²) in [4.78, 5) is 4.60. The van der Waals surface area contributed by atoms with Gasteiger partial charge >= 0.3 is 0 Å². The number of hydrogen-bond donors (Lipinski definition) is 4. The van der Waals surface area contributed by atoms with Crippen LogP contribution in [-0.2, 0) is 6.54 Å². The van der Waals surface area contributed by atoms with Crippen LogP contribution in [0.1, 0.15) is 17.5 Å². The SMILES string of the molecule is OC(NCc1cn2cc(-c3ccn[nH]3)ccc2n1)c1cccc2[nH]ncc12. The van der Waals surface area contributed by atoms with Crippen molar-refractivity contribution >= 4 is 16.6 Å². The van der Waals surface area contributed by atoms with Gasteiger partial charge in [0.05, 0.1) is 23.1 Å². The van der Waals surface area contributed by atoms with Crippen LogP contribution >= 0.6 is 0 Å². The number of aliphatic hydroxyl groups is 1. The molecular weight excluding hydrogens is 342 g/mol. The van der Waals surface area contributed by atoms with Gasteiger partial charge in [-0.2, -0.15) is 10.2 Å². The van der Waals surface area contributed by atoms with Crippen molar-refractivity contribution in [2.45, 2.75) is 12.8 Å². The van der Waals surface area contributed by atoms with Crippen LogP contribution in [-0.4, -0.2) is 34.9 Å². The zero-order chi connectivity index (χ0) is 18.2. The lowest BCUT2D eigenvalue weighted by molar-refractivity contribution is 0.138. The van der Waals surface area contributed by atoms with Crippen molar-refractivity contribution in [3.05, 3.63) is 72.4 Å². The van der Waals surface area contributed by atoms with E-state index in [2.05, 4.69) is 30.7 Å². The Bertz CT molecular complexity index is 1210. The van der Waals surface area contributed by atoms with Gasteiger partial charge in [0.15, 0.2) is 0 Å². The first-order chi connectivity index (χ1) is 13.3. The maximum atomic E-state index is 10.5. The van der Waals surface area contributed by atoms with Crippen molar-refractivity contribution in [1.82, 2.24) is 35.1 Å². The highest BCUT2D eigenvalue weighted by Crippen LogP contribution is 2.22. The van der Waals surface area contributed by atoms with Gasteiger partial charge in [-0.15, -0.1) is 0 Å². The topological polar surface area (TPSA) is 107 Å². The van der Waals surface area contributed by atoms with Gasteiger partial charge in [-0.05, 0) is 24.3 Å². The van der Waals surface area contributed by atoms with Crippen LogP contribution in [0.3, 0.4) is 0 Å². The molecule has 27 heavy (non-hydrogen) atoms. The molecular formula is C19H17N7O. The lowest BCUT2D eigenvalue weighted by Gasteiger charge is -2.13. The second kappa shape index (κ2) is 6.35. The second-order valence-corrected chi connectivity index (χ2v) is 6.35. The number of pyridine rings is 1. The van der Waals surface area contributed by atoms with Crippen molar-refractivity contribution < 1.29 is 5.11 Å². The lowest BCUT2D eigenvalue weighted by atomic mass is 10.1. The minimum Gasteiger partial charge on any atom is -0.374 e. The van der Waals surface area contributed by atoms with Crippen LogP contribution in [0.5, 0.6) is 0 Å². The number of H-pyrrole nitrogens is 2. The molecule has 4 heterocycles. The third kappa shape index (κ3) is 2.86. The third-order valence-electron chi connectivity index (χ3n) is 4.60. The number of nitrogens with one attached hydrogen (secondary N) is 3. The van der Waals surface area contributed by atoms with E-state index in [0.29, 0.717) is 6.54 Å². The smallest absolute Gasteiger partial charge is 0.137 e. The average Bonchev–Trinajstić information content (AvgIpc) is 3.44. The molecule has 8 heteroatoms. The molecule has 0 fully saturated rings. The van der Waals surface area contributed by atoms with Crippen molar-refractivity contribution in [2.24, 2.45) is 0 Å². The van der Waals surface area contributed by atoms with E-state index in [1.54, 1.807) is 12.4 Å². The van der Waals surface area contributed by atoms with Crippen molar-refractivity contribution in [3.63, 3.8) is 0 Å². The molecule has 4 aromatic heterocycles. The summed E-state index contributed by atoms with van der Waals surface area (Å²) in [5, 5.41) is 28.5. The zero-order valence-electron chi connectivity index (χ0n) is 14.3. The van der Waals surface area contributed by atoms with Gasteiger partial charge < -0.3 is 9.51 Å². The van der Waals surface area contributed by atoms with Crippen molar-refractivity contribution in [1.29, 1.82) is 0 Å². The normalized spacial score (nSPS) is 12.8. The molecule has 1 atom stereocenters. The number of aliphatic hydroxyl groups excluding tert-OH is 1. The molecule has 0 amide bonds. The first-order valence-corrected chi connectivity index (χ1v) is 8.59. The molecule has 0 saturated carbocycles. The molecule has 5 rings (SSSR count). The van der Waals surface area contributed by atoms with E-state index in [9.17, 15) is 5.11 Å². The largest absolute Gasteiger partial charge is 0.374 e. The van der Waals surface area contributed by atoms with E-state index in [0.717, 1.165) is 39.1 Å². The fourth-order valence-electron chi connectivity index (χ4n) is 3.25. The van der Waals surface area contributed by atoms with Gasteiger partial charge in [-0.25, -0.2) is 4.98 Å². The fraction of sp³-hybridized carbons (Fsp3) is 0.105. The molecule has 1 aromatic carbocycles. The number of imidazole rings is 1. The number of hydrogen-bond acceptors (Lipinski definition) is 5. The summed E-state index contributed by atoms with van der Waals surface area (Å²) in [6.07, 6.45) is 6.59. The van der Waals surface area contributed by atoms with Crippen LogP contribution in [0.15, 0.2) is 61.2 Å². The highest BCUT2D eigenvalue weighted by atomic mass is 16.3. The molecule has 0 spiro atoms. The Morgan fingerprint density at radius 1 is 1.07 bits per heavy atom. The molecule has 0 aliphatic rings. The molecule has 0 radical (unpaired) electrons. The molecule has 0 saturated heterocycles. The summed E-state index contributed by atoms with van der Waals surface area (Å²) in [5.74, 6) is 0. The summed E-state index contributed by atoms with van der Waals surface area (Å²) < 4.78 is 1.97. The van der Waals surface area contributed by atoms with Gasteiger partial charge in [0.1, 0.15) is 11.9 Å². The minimum absolute atomic E-state index is 0.441. The van der Waals surface area contributed by atoms with Crippen LogP contribution < -0.4 is 5.32 Å². The number of aromatic nitrogens is 6. The molecule has 0 aliphatic heterocycles. The summed E-state index contributed by atoms with van der Waals surface area (Å²) in [6, 6.07) is 11.6. The highest BCUT2D eigenvalue weighted by molar-refractivity contribution is 5.81. The van der Waals surface area contributed by atoms with Crippen LogP contribution in [0.2, 0.25) is 0 Å². The first kappa shape index (κ1) is 15.7. The minimum atomic E-state index is -0.809. The lowest BCUT2D eigenvalue weighted by Crippen LogP contribution is -2.20.